The zero-order valence-electron chi connectivity index (χ0n) is 23.5. The monoisotopic (exact) mass is 564 g/mol. The SMILES string of the molecule is CC12CC(O)C3(F)C4(C)C=CC(=O)C=C4CCC3(C)C1CCC2C(=O)COC(=O)CCCC(=O)OC(CO)CO. The fraction of sp³-hybridized carbons (Fsp3) is 0.733. The van der Waals surface area contributed by atoms with E-state index in [0.29, 0.717) is 31.3 Å². The molecule has 9 nitrogen and oxygen atoms in total. The summed E-state index contributed by atoms with van der Waals surface area (Å²) in [6.07, 6.45) is 4.25. The van der Waals surface area contributed by atoms with Gasteiger partial charge in [0.15, 0.2) is 17.2 Å². The van der Waals surface area contributed by atoms with Crippen LogP contribution in [0.5, 0.6) is 0 Å². The molecule has 3 fully saturated rings. The van der Waals surface area contributed by atoms with Crippen molar-refractivity contribution in [1.82, 2.24) is 0 Å². The molecule has 10 heteroatoms. The number of carbonyl (C=O) groups is 4. The summed E-state index contributed by atoms with van der Waals surface area (Å²) in [4.78, 5) is 49.3. The molecule has 0 spiro atoms. The van der Waals surface area contributed by atoms with Gasteiger partial charge in [-0.05, 0) is 68.9 Å². The van der Waals surface area contributed by atoms with E-state index in [-0.39, 0.29) is 43.2 Å². The van der Waals surface area contributed by atoms with Gasteiger partial charge >= 0.3 is 11.9 Å². The molecule has 4 aliphatic carbocycles. The van der Waals surface area contributed by atoms with Crippen molar-refractivity contribution >= 4 is 23.5 Å². The molecule has 4 aliphatic rings. The van der Waals surface area contributed by atoms with Gasteiger partial charge in [0.05, 0.1) is 19.3 Å². The fourth-order valence-corrected chi connectivity index (χ4v) is 8.47. The van der Waals surface area contributed by atoms with Crippen LogP contribution in [0, 0.1) is 28.1 Å². The molecule has 3 N–H and O–H groups in total. The van der Waals surface area contributed by atoms with E-state index in [1.54, 1.807) is 13.0 Å². The summed E-state index contributed by atoms with van der Waals surface area (Å²) in [6.45, 7) is 4.13. The van der Waals surface area contributed by atoms with Crippen LogP contribution in [-0.2, 0) is 28.7 Å². The van der Waals surface area contributed by atoms with Crippen LogP contribution in [0.4, 0.5) is 4.39 Å². The number of rotatable bonds is 10. The molecule has 0 bridgehead atoms. The Morgan fingerprint density at radius 2 is 1.77 bits per heavy atom. The highest BCUT2D eigenvalue weighted by atomic mass is 19.1. The van der Waals surface area contributed by atoms with E-state index < -0.39 is 71.8 Å². The number of ether oxygens (including phenoxy) is 2. The Balaban J connectivity index is 1.39. The number of aliphatic hydroxyl groups is 3. The Labute approximate surface area is 233 Å². The summed E-state index contributed by atoms with van der Waals surface area (Å²) in [5, 5.41) is 29.4. The molecule has 40 heavy (non-hydrogen) atoms. The van der Waals surface area contributed by atoms with Crippen LogP contribution < -0.4 is 0 Å². The third kappa shape index (κ3) is 4.75. The van der Waals surface area contributed by atoms with Gasteiger partial charge in [0.1, 0.15) is 12.7 Å². The first-order chi connectivity index (χ1) is 18.8. The predicted octanol–water partition coefficient (Wildman–Crippen LogP) is 2.54. The molecular formula is C30H41FO9. The maximum atomic E-state index is 17.5. The molecule has 0 radical (unpaired) electrons. The lowest BCUT2D eigenvalue weighted by atomic mass is 9.39. The van der Waals surface area contributed by atoms with E-state index in [1.807, 2.05) is 13.8 Å². The predicted molar refractivity (Wildman–Crippen MR) is 140 cm³/mol. The number of carbonyl (C=O) groups excluding carboxylic acids is 4. The van der Waals surface area contributed by atoms with Crippen LogP contribution in [0.2, 0.25) is 0 Å². The Morgan fingerprint density at radius 3 is 2.45 bits per heavy atom. The number of alkyl halides is 1. The van der Waals surface area contributed by atoms with Crippen LogP contribution in [0.3, 0.4) is 0 Å². The number of ketones is 2. The Kier molecular flexibility index (Phi) is 8.47. The van der Waals surface area contributed by atoms with Gasteiger partial charge in [-0.15, -0.1) is 0 Å². The number of aliphatic hydroxyl groups excluding tert-OH is 3. The summed E-state index contributed by atoms with van der Waals surface area (Å²) >= 11 is 0. The van der Waals surface area contributed by atoms with Crippen molar-refractivity contribution in [3.63, 3.8) is 0 Å². The van der Waals surface area contributed by atoms with E-state index in [0.717, 1.165) is 0 Å². The lowest BCUT2D eigenvalue weighted by Crippen LogP contribution is -2.71. The standard InChI is InChI=1S/C30H41FO9/c1-27-14-24(36)30(31)28(2)12-10-19(34)13-18(28)9-11-29(30,3)23(27)8-7-21(27)22(35)17-39-25(37)5-4-6-26(38)40-20(15-32)16-33/h10,12-13,20-21,23-24,32-33,36H,4-9,11,14-17H2,1-3H3. The second kappa shape index (κ2) is 11.1. The topological polar surface area (TPSA) is 147 Å². The molecule has 3 saturated carbocycles. The number of esters is 2. The third-order valence-electron chi connectivity index (χ3n) is 10.5. The minimum absolute atomic E-state index is 0.0869. The highest BCUT2D eigenvalue weighted by molar-refractivity contribution is 6.01. The summed E-state index contributed by atoms with van der Waals surface area (Å²) in [5.74, 6) is -2.43. The van der Waals surface area contributed by atoms with Gasteiger partial charge in [-0.3, -0.25) is 19.2 Å². The molecule has 4 rings (SSSR count). The Hall–Kier alpha value is -2.43. The van der Waals surface area contributed by atoms with Crippen LogP contribution in [0.25, 0.3) is 0 Å². The van der Waals surface area contributed by atoms with E-state index >= 15 is 4.39 Å². The summed E-state index contributed by atoms with van der Waals surface area (Å²) < 4.78 is 27.5. The van der Waals surface area contributed by atoms with Crippen LogP contribution in [0.15, 0.2) is 23.8 Å². The van der Waals surface area contributed by atoms with E-state index in [9.17, 15) is 24.3 Å². The summed E-state index contributed by atoms with van der Waals surface area (Å²) in [6, 6.07) is 0. The number of hydrogen-bond donors (Lipinski definition) is 3. The number of allylic oxidation sites excluding steroid dienone is 4. The Bertz CT molecular complexity index is 1110. The molecule has 7 atom stereocenters. The van der Waals surface area contributed by atoms with Gasteiger partial charge in [0.25, 0.3) is 0 Å². The summed E-state index contributed by atoms with van der Waals surface area (Å²) in [5.41, 5.74) is -4.03. The van der Waals surface area contributed by atoms with Gasteiger partial charge in [0.2, 0.25) is 0 Å². The van der Waals surface area contributed by atoms with E-state index in [2.05, 4.69) is 0 Å². The van der Waals surface area contributed by atoms with Crippen molar-refractivity contribution in [1.29, 1.82) is 0 Å². The van der Waals surface area contributed by atoms with Crippen molar-refractivity contribution in [2.24, 2.45) is 28.1 Å². The molecule has 0 aromatic carbocycles. The molecule has 0 heterocycles. The first-order valence-electron chi connectivity index (χ1n) is 14.2. The zero-order chi connectivity index (χ0) is 29.5. The first kappa shape index (κ1) is 30.5. The van der Waals surface area contributed by atoms with E-state index in [4.69, 9.17) is 19.7 Å². The minimum Gasteiger partial charge on any atom is -0.458 e. The smallest absolute Gasteiger partial charge is 0.306 e. The number of fused-ring (bicyclic) bond motifs is 5. The number of hydrogen-bond acceptors (Lipinski definition) is 9. The van der Waals surface area contributed by atoms with Gasteiger partial charge in [-0.2, -0.15) is 0 Å². The molecule has 0 aromatic heterocycles. The fourth-order valence-electron chi connectivity index (χ4n) is 8.47. The second-order valence-corrected chi connectivity index (χ2v) is 12.6. The lowest BCUT2D eigenvalue weighted by molar-refractivity contribution is -0.240. The molecule has 0 amide bonds. The number of Topliss-reactive ketones (excluding diaryl/α,β-unsaturated/α-hetero) is 1. The highest BCUT2D eigenvalue weighted by Crippen LogP contribution is 2.73. The summed E-state index contributed by atoms with van der Waals surface area (Å²) in [7, 11) is 0. The van der Waals surface area contributed by atoms with Gasteiger partial charge < -0.3 is 24.8 Å². The third-order valence-corrected chi connectivity index (χ3v) is 10.5. The Morgan fingerprint density at radius 1 is 1.10 bits per heavy atom. The normalized spacial score (nSPS) is 38.2. The molecule has 0 saturated heterocycles. The molecule has 0 aliphatic heterocycles. The van der Waals surface area contributed by atoms with Crippen molar-refractivity contribution in [3.05, 3.63) is 23.8 Å². The van der Waals surface area contributed by atoms with Gasteiger partial charge in [0, 0.05) is 29.6 Å². The van der Waals surface area contributed by atoms with Crippen LogP contribution >= 0.6 is 0 Å². The maximum absolute atomic E-state index is 17.5. The molecular weight excluding hydrogens is 523 g/mol. The van der Waals surface area contributed by atoms with Crippen molar-refractivity contribution < 1.29 is 48.4 Å². The van der Waals surface area contributed by atoms with Crippen LogP contribution in [0.1, 0.15) is 72.1 Å². The quantitative estimate of drug-likeness (QED) is 0.341. The molecule has 222 valence electrons. The lowest BCUT2D eigenvalue weighted by Gasteiger charge is -2.67. The van der Waals surface area contributed by atoms with E-state index in [1.165, 1.54) is 12.2 Å². The first-order valence-corrected chi connectivity index (χ1v) is 14.2. The van der Waals surface area contributed by atoms with Gasteiger partial charge in [-0.1, -0.05) is 25.5 Å². The molecule has 7 unspecified atom stereocenters. The van der Waals surface area contributed by atoms with Crippen LogP contribution in [-0.4, -0.2) is 76.5 Å². The van der Waals surface area contributed by atoms with Crippen molar-refractivity contribution in [3.8, 4) is 0 Å². The molecule has 0 aromatic rings. The highest BCUT2D eigenvalue weighted by Gasteiger charge is 2.75. The largest absolute Gasteiger partial charge is 0.458 e. The minimum atomic E-state index is -2.01. The maximum Gasteiger partial charge on any atom is 0.306 e. The second-order valence-electron chi connectivity index (χ2n) is 12.6. The average molecular weight is 565 g/mol. The zero-order valence-corrected chi connectivity index (χ0v) is 23.5. The average Bonchev–Trinajstić information content (AvgIpc) is 3.26. The van der Waals surface area contributed by atoms with Gasteiger partial charge in [-0.25, -0.2) is 4.39 Å². The number of halogens is 1. The van der Waals surface area contributed by atoms with Crippen molar-refractivity contribution in [2.45, 2.75) is 90.0 Å². The van der Waals surface area contributed by atoms with Crippen molar-refractivity contribution in [2.75, 3.05) is 19.8 Å².